The summed E-state index contributed by atoms with van der Waals surface area (Å²) < 4.78 is 5.20. The molecule has 3 amide bonds. The van der Waals surface area contributed by atoms with Crippen LogP contribution in [0.25, 0.3) is 0 Å². The summed E-state index contributed by atoms with van der Waals surface area (Å²) in [5, 5.41) is 6.89. The Hall–Kier alpha value is -3.88. The molecule has 2 aliphatic heterocycles. The first-order valence-corrected chi connectivity index (χ1v) is 10.4. The zero-order valence-electron chi connectivity index (χ0n) is 18.3. The second kappa shape index (κ2) is 9.09. The van der Waals surface area contributed by atoms with Gasteiger partial charge in [0.1, 0.15) is 5.75 Å². The molecule has 2 aromatic carbocycles. The van der Waals surface area contributed by atoms with E-state index in [2.05, 4.69) is 20.8 Å². The van der Waals surface area contributed by atoms with Gasteiger partial charge in [-0.25, -0.2) is 15.2 Å². The van der Waals surface area contributed by atoms with Crippen LogP contribution in [0.15, 0.2) is 64.7 Å². The topological polar surface area (TPSA) is 98.6 Å². The molecule has 0 spiro atoms. The highest BCUT2D eigenvalue weighted by Gasteiger charge is 2.48. The minimum absolute atomic E-state index is 0.359. The van der Waals surface area contributed by atoms with E-state index in [0.29, 0.717) is 12.5 Å². The van der Waals surface area contributed by atoms with Crippen molar-refractivity contribution in [1.29, 1.82) is 0 Å². The lowest BCUT2D eigenvalue weighted by atomic mass is 10.1. The first kappa shape index (κ1) is 21.4. The van der Waals surface area contributed by atoms with Gasteiger partial charge in [-0.15, -0.1) is 0 Å². The molecule has 1 saturated heterocycles. The summed E-state index contributed by atoms with van der Waals surface area (Å²) in [6, 6.07) is 16.5. The number of benzene rings is 2. The van der Waals surface area contributed by atoms with Gasteiger partial charge in [-0.2, -0.15) is 5.10 Å². The Balaban J connectivity index is 1.56. The molecule has 32 heavy (non-hydrogen) atoms. The number of nitrogens with one attached hydrogen (secondary N) is 2. The van der Waals surface area contributed by atoms with E-state index in [0.717, 1.165) is 29.0 Å². The maximum atomic E-state index is 12.7. The predicted octanol–water partition coefficient (Wildman–Crippen LogP) is 1.80. The van der Waals surface area contributed by atoms with Crippen molar-refractivity contribution in [2.75, 3.05) is 20.7 Å². The fraction of sp³-hybridized carbons (Fsp3) is 0.304. The van der Waals surface area contributed by atoms with Crippen molar-refractivity contribution in [3.63, 3.8) is 0 Å². The summed E-state index contributed by atoms with van der Waals surface area (Å²) in [6.45, 7) is 2.43. The van der Waals surface area contributed by atoms with Gasteiger partial charge in [0.25, 0.3) is 5.91 Å². The number of guanidine groups is 1. The van der Waals surface area contributed by atoms with Crippen LogP contribution in [0.2, 0.25) is 0 Å². The Morgan fingerprint density at radius 3 is 2.56 bits per heavy atom. The maximum absolute atomic E-state index is 12.7. The number of rotatable bonds is 6. The standard InChI is InChI=1S/C23H26N6O3/c1-15(17-9-11-18(32-3)12-10-17)26-27-22-24-20-19(21(30)25-23(31)28(20)2)29(22)14-13-16-7-5-4-6-8-16/h4-12,19-20H,13-14H2,1-3H3,(H,24,27)(H,25,30,31)/b26-15+. The lowest BCUT2D eigenvalue weighted by molar-refractivity contribution is -0.127. The van der Waals surface area contributed by atoms with Crippen molar-refractivity contribution in [2.45, 2.75) is 25.6 Å². The molecule has 2 aromatic rings. The summed E-state index contributed by atoms with van der Waals surface area (Å²) in [7, 11) is 3.25. The van der Waals surface area contributed by atoms with Gasteiger partial charge in [-0.05, 0) is 48.7 Å². The van der Waals surface area contributed by atoms with E-state index in [9.17, 15) is 9.59 Å². The third-order valence-electron chi connectivity index (χ3n) is 5.68. The van der Waals surface area contributed by atoms with Crippen molar-refractivity contribution in [1.82, 2.24) is 20.5 Å². The number of likely N-dealkylation sites (N-methyl/N-ethyl adjacent to an activating group) is 1. The van der Waals surface area contributed by atoms with Gasteiger partial charge in [-0.1, -0.05) is 30.3 Å². The van der Waals surface area contributed by atoms with Crippen LogP contribution in [0, 0.1) is 0 Å². The number of nitrogens with zero attached hydrogens (tertiary/aromatic N) is 4. The van der Waals surface area contributed by atoms with Crippen molar-refractivity contribution in [3.8, 4) is 5.75 Å². The van der Waals surface area contributed by atoms with Crippen molar-refractivity contribution >= 4 is 23.6 Å². The van der Waals surface area contributed by atoms with E-state index >= 15 is 0 Å². The number of carbonyl (C=O) groups excluding carboxylic acids is 2. The first-order chi connectivity index (χ1) is 15.5. The van der Waals surface area contributed by atoms with E-state index in [1.807, 2.05) is 66.4 Å². The fourth-order valence-corrected chi connectivity index (χ4v) is 3.79. The van der Waals surface area contributed by atoms with Crippen molar-refractivity contribution < 1.29 is 14.3 Å². The molecule has 2 atom stereocenters. The minimum Gasteiger partial charge on any atom is -0.497 e. The average Bonchev–Trinajstić information content (AvgIpc) is 3.19. The molecule has 9 heteroatoms. The number of imide groups is 1. The zero-order valence-corrected chi connectivity index (χ0v) is 18.3. The van der Waals surface area contributed by atoms with Gasteiger partial charge < -0.3 is 14.5 Å². The number of fused-ring (bicyclic) bond motifs is 1. The molecular weight excluding hydrogens is 408 g/mol. The van der Waals surface area contributed by atoms with Gasteiger partial charge in [0.2, 0.25) is 5.96 Å². The smallest absolute Gasteiger partial charge is 0.325 e. The highest BCUT2D eigenvalue weighted by atomic mass is 16.5. The number of carbonyl (C=O) groups is 2. The molecule has 166 valence electrons. The Labute approximate surface area is 186 Å². The maximum Gasteiger partial charge on any atom is 0.325 e. The highest BCUT2D eigenvalue weighted by molar-refractivity contribution is 6.04. The molecule has 4 rings (SSSR count). The van der Waals surface area contributed by atoms with Gasteiger partial charge in [0.15, 0.2) is 12.2 Å². The SMILES string of the molecule is COc1ccc(/C(C)=N/NC2=NC3C(C(=O)NC(=O)N3C)N2CCc2ccccc2)cc1. The number of methoxy groups -OCH3 is 1. The third-order valence-corrected chi connectivity index (χ3v) is 5.68. The lowest BCUT2D eigenvalue weighted by Gasteiger charge is -2.36. The number of hydrogen-bond acceptors (Lipinski definition) is 7. The Morgan fingerprint density at radius 2 is 1.88 bits per heavy atom. The zero-order chi connectivity index (χ0) is 22.7. The summed E-state index contributed by atoms with van der Waals surface area (Å²) in [6.07, 6.45) is 0.114. The van der Waals surface area contributed by atoms with E-state index in [1.165, 1.54) is 4.90 Å². The fourth-order valence-electron chi connectivity index (χ4n) is 3.79. The molecule has 0 bridgehead atoms. The van der Waals surface area contributed by atoms with Crippen molar-refractivity contribution in [3.05, 3.63) is 65.7 Å². The number of aliphatic imine (C=N–C) groups is 1. The van der Waals surface area contributed by atoms with E-state index in [4.69, 9.17) is 4.74 Å². The molecule has 2 aliphatic rings. The normalized spacial score (nSPS) is 20.6. The summed E-state index contributed by atoms with van der Waals surface area (Å²) in [4.78, 5) is 32.7. The Kier molecular flexibility index (Phi) is 6.07. The molecule has 0 aliphatic carbocycles. The van der Waals surface area contributed by atoms with E-state index in [1.54, 1.807) is 14.2 Å². The molecule has 9 nitrogen and oxygen atoms in total. The molecule has 2 N–H and O–H groups in total. The molecule has 0 saturated carbocycles. The third kappa shape index (κ3) is 4.27. The first-order valence-electron chi connectivity index (χ1n) is 10.4. The van der Waals surface area contributed by atoms with Crippen LogP contribution in [0.1, 0.15) is 18.1 Å². The molecule has 0 aromatic heterocycles. The molecule has 2 unspecified atom stereocenters. The van der Waals surface area contributed by atoms with Gasteiger partial charge >= 0.3 is 6.03 Å². The molecule has 0 radical (unpaired) electrons. The average molecular weight is 435 g/mol. The predicted molar refractivity (Wildman–Crippen MR) is 122 cm³/mol. The Bertz CT molecular complexity index is 1050. The highest BCUT2D eigenvalue weighted by Crippen LogP contribution is 2.24. The van der Waals surface area contributed by atoms with E-state index in [-0.39, 0.29) is 5.91 Å². The number of ether oxygens (including phenoxy) is 1. The van der Waals surface area contributed by atoms with Gasteiger partial charge in [0, 0.05) is 13.6 Å². The molecule has 1 fully saturated rings. The summed E-state index contributed by atoms with van der Waals surface area (Å²) in [5.41, 5.74) is 5.85. The second-order valence-electron chi connectivity index (χ2n) is 7.68. The Morgan fingerprint density at radius 1 is 1.16 bits per heavy atom. The van der Waals surface area contributed by atoms with Crippen LogP contribution in [0.5, 0.6) is 5.75 Å². The monoisotopic (exact) mass is 434 g/mol. The van der Waals surface area contributed by atoms with E-state index < -0.39 is 18.2 Å². The molecular formula is C23H26N6O3. The number of hydrogen-bond donors (Lipinski definition) is 2. The van der Waals surface area contributed by atoms with Crippen molar-refractivity contribution in [2.24, 2.45) is 10.1 Å². The summed E-state index contributed by atoms with van der Waals surface area (Å²) >= 11 is 0. The van der Waals surface area contributed by atoms with Gasteiger partial charge in [0.05, 0.1) is 12.8 Å². The lowest BCUT2D eigenvalue weighted by Crippen LogP contribution is -2.64. The molecule has 2 heterocycles. The van der Waals surface area contributed by atoms with Crippen LogP contribution < -0.4 is 15.5 Å². The largest absolute Gasteiger partial charge is 0.497 e. The van der Waals surface area contributed by atoms with Crippen LogP contribution in [0.4, 0.5) is 4.79 Å². The minimum atomic E-state index is -0.611. The van der Waals surface area contributed by atoms with Crippen LogP contribution in [-0.2, 0) is 11.2 Å². The number of urea groups is 1. The van der Waals surface area contributed by atoms with Crippen LogP contribution in [-0.4, -0.2) is 66.3 Å². The quantitative estimate of drug-likeness (QED) is 0.534. The van der Waals surface area contributed by atoms with Crippen LogP contribution >= 0.6 is 0 Å². The number of amides is 3. The van der Waals surface area contributed by atoms with Gasteiger partial charge in [-0.3, -0.25) is 10.1 Å². The number of hydrazone groups is 1. The summed E-state index contributed by atoms with van der Waals surface area (Å²) in [5.74, 6) is 0.868. The second-order valence-corrected chi connectivity index (χ2v) is 7.68. The van der Waals surface area contributed by atoms with Crippen LogP contribution in [0.3, 0.4) is 0 Å².